The predicted molar refractivity (Wildman–Crippen MR) is 62.2 cm³/mol. The fourth-order valence-electron chi connectivity index (χ4n) is 1.36. The third-order valence-electron chi connectivity index (χ3n) is 2.25. The lowest BCUT2D eigenvalue weighted by atomic mass is 10.2. The number of halogens is 3. The summed E-state index contributed by atoms with van der Waals surface area (Å²) in [4.78, 5) is 21.6. The van der Waals surface area contributed by atoms with E-state index in [2.05, 4.69) is 5.32 Å². The van der Waals surface area contributed by atoms with Gasteiger partial charge in [-0.2, -0.15) is 13.2 Å². The number of hydrogen-bond acceptors (Lipinski definition) is 3. The van der Waals surface area contributed by atoms with Gasteiger partial charge in [-0.15, -0.1) is 0 Å². The Hall–Kier alpha value is -2.25. The van der Waals surface area contributed by atoms with Gasteiger partial charge in [-0.1, -0.05) is 6.07 Å². The minimum absolute atomic E-state index is 0.128. The van der Waals surface area contributed by atoms with E-state index in [1.54, 1.807) is 0 Å². The Morgan fingerprint density at radius 2 is 2.05 bits per heavy atom. The molecule has 1 aromatic carbocycles. The normalized spacial score (nSPS) is 12.6. The van der Waals surface area contributed by atoms with Crippen LogP contribution in [0.5, 0.6) is 5.75 Å². The van der Waals surface area contributed by atoms with Crippen LogP contribution in [-0.4, -0.2) is 29.6 Å². The first-order valence-electron chi connectivity index (χ1n) is 5.50. The summed E-state index contributed by atoms with van der Waals surface area (Å²) in [5.74, 6) is -2.05. The van der Waals surface area contributed by atoms with Gasteiger partial charge in [-0.05, 0) is 18.2 Å². The number of carbonyl (C=O) groups is 2. The molecule has 0 aliphatic carbocycles. The predicted octanol–water partition coefficient (Wildman–Crippen LogP) is 1.67. The monoisotopic (exact) mass is 291 g/mol. The van der Waals surface area contributed by atoms with Crippen LogP contribution in [0.2, 0.25) is 0 Å². The van der Waals surface area contributed by atoms with Crippen LogP contribution in [0.4, 0.5) is 13.2 Å². The lowest BCUT2D eigenvalue weighted by molar-refractivity contribution is -0.142. The quantitative estimate of drug-likeness (QED) is 0.865. The lowest BCUT2D eigenvalue weighted by Gasteiger charge is -2.15. The molecular formula is C12H12F3NO4. The molecule has 1 atom stereocenters. The van der Waals surface area contributed by atoms with E-state index < -0.39 is 36.3 Å². The highest BCUT2D eigenvalue weighted by Crippen LogP contribution is 2.31. The van der Waals surface area contributed by atoms with Crippen LogP contribution >= 0.6 is 0 Å². The molecule has 2 N–H and O–H groups in total. The van der Waals surface area contributed by atoms with Crippen LogP contribution < -0.4 is 10.1 Å². The maximum atomic E-state index is 12.5. The number of hydrogen-bond donors (Lipinski definition) is 2. The Morgan fingerprint density at radius 1 is 1.40 bits per heavy atom. The molecule has 0 bridgehead atoms. The molecule has 1 rings (SSSR count). The summed E-state index contributed by atoms with van der Waals surface area (Å²) in [6.07, 6.45) is -4.51. The third kappa shape index (κ3) is 4.79. The maximum absolute atomic E-state index is 12.5. The summed E-state index contributed by atoms with van der Waals surface area (Å²) in [5, 5.41) is 10.9. The van der Waals surface area contributed by atoms with Gasteiger partial charge in [0.2, 0.25) is 5.91 Å². The SMILES string of the molecule is CC(=O)NC(COc1cccc(C(F)(F)F)c1)C(=O)O. The molecule has 0 aromatic heterocycles. The van der Waals surface area contributed by atoms with Crippen molar-refractivity contribution in [1.82, 2.24) is 5.32 Å². The van der Waals surface area contributed by atoms with E-state index in [1.165, 1.54) is 6.07 Å². The summed E-state index contributed by atoms with van der Waals surface area (Å²) in [7, 11) is 0. The van der Waals surface area contributed by atoms with Gasteiger partial charge in [0, 0.05) is 6.92 Å². The van der Waals surface area contributed by atoms with E-state index in [9.17, 15) is 22.8 Å². The Bertz CT molecular complexity index is 502. The first kappa shape index (κ1) is 15.8. The molecule has 5 nitrogen and oxygen atoms in total. The van der Waals surface area contributed by atoms with Gasteiger partial charge in [0.25, 0.3) is 0 Å². The number of amides is 1. The van der Waals surface area contributed by atoms with Crippen LogP contribution in [0.1, 0.15) is 12.5 Å². The molecule has 0 heterocycles. The molecular weight excluding hydrogens is 279 g/mol. The van der Waals surface area contributed by atoms with Crippen molar-refractivity contribution in [2.45, 2.75) is 19.1 Å². The van der Waals surface area contributed by atoms with Crippen molar-refractivity contribution in [3.63, 3.8) is 0 Å². The standard InChI is InChI=1S/C12H12F3NO4/c1-7(17)16-10(11(18)19)6-20-9-4-2-3-8(5-9)12(13,14)15/h2-5,10H,6H2,1H3,(H,16,17)(H,18,19). The van der Waals surface area contributed by atoms with E-state index in [-0.39, 0.29) is 5.75 Å². The van der Waals surface area contributed by atoms with Gasteiger partial charge in [0.05, 0.1) is 5.56 Å². The van der Waals surface area contributed by atoms with Gasteiger partial charge in [0.1, 0.15) is 12.4 Å². The van der Waals surface area contributed by atoms with Crippen LogP contribution in [0, 0.1) is 0 Å². The number of rotatable bonds is 5. The molecule has 1 amide bonds. The second kappa shape index (κ2) is 6.27. The van der Waals surface area contributed by atoms with Gasteiger partial charge in [-0.3, -0.25) is 4.79 Å². The third-order valence-corrected chi connectivity index (χ3v) is 2.25. The molecule has 0 radical (unpaired) electrons. The molecule has 1 aromatic rings. The number of nitrogens with one attached hydrogen (secondary N) is 1. The van der Waals surface area contributed by atoms with Crippen LogP contribution in [0.15, 0.2) is 24.3 Å². The molecule has 1 unspecified atom stereocenters. The average molecular weight is 291 g/mol. The summed E-state index contributed by atoms with van der Waals surface area (Å²) < 4.78 is 42.4. The summed E-state index contributed by atoms with van der Waals surface area (Å²) >= 11 is 0. The Labute approximate surface area is 112 Å². The minimum atomic E-state index is -4.51. The van der Waals surface area contributed by atoms with Gasteiger partial charge in [0.15, 0.2) is 6.04 Å². The number of aliphatic carboxylic acids is 1. The Kier molecular flexibility index (Phi) is 4.95. The van der Waals surface area contributed by atoms with E-state index in [1.807, 2.05) is 0 Å². The highest BCUT2D eigenvalue weighted by atomic mass is 19.4. The maximum Gasteiger partial charge on any atom is 0.416 e. The van der Waals surface area contributed by atoms with Crippen molar-refractivity contribution in [2.24, 2.45) is 0 Å². The number of carboxylic acid groups (broad SMARTS) is 1. The molecule has 0 fully saturated rings. The molecule has 20 heavy (non-hydrogen) atoms. The van der Waals surface area contributed by atoms with Crippen LogP contribution in [0.3, 0.4) is 0 Å². The van der Waals surface area contributed by atoms with Crippen molar-refractivity contribution in [3.8, 4) is 5.75 Å². The van der Waals surface area contributed by atoms with E-state index in [0.29, 0.717) is 0 Å². The lowest BCUT2D eigenvalue weighted by Crippen LogP contribution is -2.43. The smallest absolute Gasteiger partial charge is 0.416 e. The highest BCUT2D eigenvalue weighted by molar-refractivity contribution is 5.82. The fraction of sp³-hybridized carbons (Fsp3) is 0.333. The topological polar surface area (TPSA) is 75.6 Å². The number of benzene rings is 1. The van der Waals surface area contributed by atoms with Crippen LogP contribution in [0.25, 0.3) is 0 Å². The number of carboxylic acids is 1. The molecule has 110 valence electrons. The van der Waals surface area contributed by atoms with Gasteiger partial charge >= 0.3 is 12.1 Å². The Morgan fingerprint density at radius 3 is 2.55 bits per heavy atom. The first-order chi connectivity index (χ1) is 9.20. The number of ether oxygens (including phenoxy) is 1. The van der Waals surface area contributed by atoms with Crippen LogP contribution in [-0.2, 0) is 15.8 Å². The van der Waals surface area contributed by atoms with Crippen molar-refractivity contribution < 1.29 is 32.6 Å². The zero-order valence-electron chi connectivity index (χ0n) is 10.4. The zero-order valence-corrected chi connectivity index (χ0v) is 10.4. The van der Waals surface area contributed by atoms with E-state index >= 15 is 0 Å². The van der Waals surface area contributed by atoms with E-state index in [0.717, 1.165) is 25.1 Å². The van der Waals surface area contributed by atoms with Crippen molar-refractivity contribution in [2.75, 3.05) is 6.61 Å². The summed E-state index contributed by atoms with van der Waals surface area (Å²) in [6, 6.07) is 2.71. The Balaban J connectivity index is 2.73. The average Bonchev–Trinajstić information content (AvgIpc) is 2.33. The molecule has 0 saturated heterocycles. The summed E-state index contributed by atoms with van der Waals surface area (Å²) in [5.41, 5.74) is -0.901. The second-order valence-electron chi connectivity index (χ2n) is 3.93. The fourth-order valence-corrected chi connectivity index (χ4v) is 1.36. The largest absolute Gasteiger partial charge is 0.491 e. The van der Waals surface area contributed by atoms with Crippen molar-refractivity contribution >= 4 is 11.9 Å². The molecule has 8 heteroatoms. The van der Waals surface area contributed by atoms with Crippen molar-refractivity contribution in [3.05, 3.63) is 29.8 Å². The molecule has 0 aliphatic heterocycles. The summed E-state index contributed by atoms with van der Waals surface area (Å²) in [6.45, 7) is 0.649. The zero-order chi connectivity index (χ0) is 15.3. The highest BCUT2D eigenvalue weighted by Gasteiger charge is 2.30. The van der Waals surface area contributed by atoms with Crippen molar-refractivity contribution in [1.29, 1.82) is 0 Å². The van der Waals surface area contributed by atoms with Gasteiger partial charge < -0.3 is 15.2 Å². The number of carbonyl (C=O) groups excluding carboxylic acids is 1. The number of alkyl halides is 3. The first-order valence-corrected chi connectivity index (χ1v) is 5.50. The van der Waals surface area contributed by atoms with E-state index in [4.69, 9.17) is 9.84 Å². The van der Waals surface area contributed by atoms with Gasteiger partial charge in [-0.25, -0.2) is 4.79 Å². The molecule has 0 spiro atoms. The minimum Gasteiger partial charge on any atom is -0.491 e. The molecule has 0 saturated carbocycles. The molecule has 0 aliphatic rings. The second-order valence-corrected chi connectivity index (χ2v) is 3.93.